The van der Waals surface area contributed by atoms with Crippen molar-refractivity contribution in [3.8, 4) is 0 Å². The summed E-state index contributed by atoms with van der Waals surface area (Å²) in [6, 6.07) is 0. The summed E-state index contributed by atoms with van der Waals surface area (Å²) in [5.74, 6) is 0.911. The maximum Gasteiger partial charge on any atom is 0.00104 e. The Kier molecular flexibility index (Phi) is 5.66. The number of hydrogen-bond donors (Lipinski definition) is 1. The highest BCUT2D eigenvalue weighted by molar-refractivity contribution is 4.90. The van der Waals surface area contributed by atoms with Crippen LogP contribution in [0, 0.1) is 11.3 Å². The molecule has 1 heteroatoms. The molecule has 1 rings (SSSR count). The topological polar surface area (TPSA) is 12.0 Å². The van der Waals surface area contributed by atoms with Gasteiger partial charge < -0.3 is 5.32 Å². The molecule has 0 radical (unpaired) electrons. The largest absolute Gasteiger partial charge is 0.316 e. The van der Waals surface area contributed by atoms with Gasteiger partial charge in [0.05, 0.1) is 0 Å². The first kappa shape index (κ1) is 13.0. The van der Waals surface area contributed by atoms with Crippen molar-refractivity contribution in [2.45, 2.75) is 65.7 Å². The lowest BCUT2D eigenvalue weighted by atomic mass is 9.73. The molecule has 1 aliphatic carbocycles. The molecule has 1 N–H and O–H groups in total. The molecule has 0 aromatic heterocycles. The third-order valence-electron chi connectivity index (χ3n) is 4.27. The molecule has 1 aliphatic rings. The van der Waals surface area contributed by atoms with Gasteiger partial charge in [-0.25, -0.2) is 0 Å². The van der Waals surface area contributed by atoms with Crippen molar-refractivity contribution in [2.24, 2.45) is 11.3 Å². The van der Waals surface area contributed by atoms with Crippen LogP contribution in [0.25, 0.3) is 0 Å². The molecular weight excluding hydrogens is 182 g/mol. The van der Waals surface area contributed by atoms with Crippen molar-refractivity contribution in [3.63, 3.8) is 0 Å². The van der Waals surface area contributed by atoms with E-state index in [-0.39, 0.29) is 0 Å². The average molecular weight is 211 g/mol. The molecule has 1 fully saturated rings. The third kappa shape index (κ3) is 3.48. The Morgan fingerprint density at radius 3 is 2.33 bits per heavy atom. The Labute approximate surface area is 96.0 Å². The van der Waals surface area contributed by atoms with Crippen molar-refractivity contribution >= 4 is 0 Å². The SMILES string of the molecule is CCCNCC1(C(C)CCC)CCCC1. The maximum absolute atomic E-state index is 3.66. The fourth-order valence-electron chi connectivity index (χ4n) is 3.18. The fourth-order valence-corrected chi connectivity index (χ4v) is 3.18. The van der Waals surface area contributed by atoms with Gasteiger partial charge in [-0.3, -0.25) is 0 Å². The Balaban J connectivity index is 2.45. The second-order valence-corrected chi connectivity index (χ2v) is 5.44. The molecule has 0 amide bonds. The Hall–Kier alpha value is -0.0400. The van der Waals surface area contributed by atoms with Gasteiger partial charge in [0.15, 0.2) is 0 Å². The van der Waals surface area contributed by atoms with Gasteiger partial charge >= 0.3 is 0 Å². The minimum absolute atomic E-state index is 0.644. The zero-order valence-corrected chi connectivity index (χ0v) is 10.9. The van der Waals surface area contributed by atoms with Crippen LogP contribution in [-0.4, -0.2) is 13.1 Å². The van der Waals surface area contributed by atoms with E-state index >= 15 is 0 Å². The number of nitrogens with one attached hydrogen (secondary N) is 1. The van der Waals surface area contributed by atoms with Gasteiger partial charge in [0, 0.05) is 6.54 Å². The Bertz CT molecular complexity index is 159. The van der Waals surface area contributed by atoms with E-state index in [4.69, 9.17) is 0 Å². The fraction of sp³-hybridized carbons (Fsp3) is 1.00. The molecule has 0 saturated heterocycles. The van der Waals surface area contributed by atoms with Crippen LogP contribution in [0.3, 0.4) is 0 Å². The first-order valence-corrected chi connectivity index (χ1v) is 6.96. The van der Waals surface area contributed by atoms with Gasteiger partial charge in [0.1, 0.15) is 0 Å². The van der Waals surface area contributed by atoms with Crippen LogP contribution >= 0.6 is 0 Å². The molecule has 0 heterocycles. The van der Waals surface area contributed by atoms with Crippen molar-refractivity contribution in [1.29, 1.82) is 0 Å². The second-order valence-electron chi connectivity index (χ2n) is 5.44. The van der Waals surface area contributed by atoms with Gasteiger partial charge in [0.2, 0.25) is 0 Å². The lowest BCUT2D eigenvalue weighted by Gasteiger charge is -2.36. The highest BCUT2D eigenvalue weighted by atomic mass is 14.9. The summed E-state index contributed by atoms with van der Waals surface area (Å²) in [4.78, 5) is 0. The highest BCUT2D eigenvalue weighted by Gasteiger charge is 2.37. The molecule has 0 bridgehead atoms. The van der Waals surface area contributed by atoms with Crippen LogP contribution < -0.4 is 5.32 Å². The summed E-state index contributed by atoms with van der Waals surface area (Å²) in [7, 11) is 0. The van der Waals surface area contributed by atoms with Gasteiger partial charge in [-0.05, 0) is 37.1 Å². The van der Waals surface area contributed by atoms with Crippen LogP contribution in [0.15, 0.2) is 0 Å². The first-order valence-electron chi connectivity index (χ1n) is 6.96. The van der Waals surface area contributed by atoms with Crippen LogP contribution in [0.2, 0.25) is 0 Å². The van der Waals surface area contributed by atoms with E-state index < -0.39 is 0 Å². The lowest BCUT2D eigenvalue weighted by Crippen LogP contribution is -2.37. The molecule has 0 spiro atoms. The van der Waals surface area contributed by atoms with E-state index in [1.807, 2.05) is 0 Å². The summed E-state index contributed by atoms with van der Waals surface area (Å²) in [5.41, 5.74) is 0.644. The third-order valence-corrected chi connectivity index (χ3v) is 4.27. The lowest BCUT2D eigenvalue weighted by molar-refractivity contribution is 0.164. The smallest absolute Gasteiger partial charge is 0.00104 e. The zero-order chi connectivity index (χ0) is 11.1. The zero-order valence-electron chi connectivity index (χ0n) is 10.9. The number of rotatable bonds is 7. The molecule has 1 saturated carbocycles. The standard InChI is InChI=1S/C14H29N/c1-4-8-13(3)14(9-6-7-10-14)12-15-11-5-2/h13,15H,4-12H2,1-3H3. The predicted octanol–water partition coefficient (Wildman–Crippen LogP) is 3.98. The summed E-state index contributed by atoms with van der Waals surface area (Å²) >= 11 is 0. The van der Waals surface area contributed by atoms with E-state index in [0.717, 1.165) is 5.92 Å². The molecular formula is C14H29N. The van der Waals surface area contributed by atoms with Gasteiger partial charge in [-0.15, -0.1) is 0 Å². The normalized spacial score (nSPS) is 21.8. The summed E-state index contributed by atoms with van der Waals surface area (Å²) in [5, 5.41) is 3.66. The monoisotopic (exact) mass is 211 g/mol. The molecule has 15 heavy (non-hydrogen) atoms. The summed E-state index contributed by atoms with van der Waals surface area (Å²) in [6.07, 6.45) is 9.86. The van der Waals surface area contributed by atoms with E-state index in [0.29, 0.717) is 5.41 Å². The van der Waals surface area contributed by atoms with E-state index in [1.54, 1.807) is 0 Å². The summed E-state index contributed by atoms with van der Waals surface area (Å²) in [6.45, 7) is 9.51. The summed E-state index contributed by atoms with van der Waals surface area (Å²) < 4.78 is 0. The van der Waals surface area contributed by atoms with Gasteiger partial charge in [0.25, 0.3) is 0 Å². The van der Waals surface area contributed by atoms with E-state index in [1.165, 1.54) is 58.0 Å². The highest BCUT2D eigenvalue weighted by Crippen LogP contribution is 2.45. The van der Waals surface area contributed by atoms with Crippen LogP contribution in [0.5, 0.6) is 0 Å². The van der Waals surface area contributed by atoms with Crippen molar-refractivity contribution < 1.29 is 0 Å². The Morgan fingerprint density at radius 1 is 1.13 bits per heavy atom. The van der Waals surface area contributed by atoms with Crippen LogP contribution in [0.1, 0.15) is 65.7 Å². The van der Waals surface area contributed by atoms with E-state index in [2.05, 4.69) is 26.1 Å². The van der Waals surface area contributed by atoms with Crippen molar-refractivity contribution in [2.75, 3.05) is 13.1 Å². The van der Waals surface area contributed by atoms with Crippen molar-refractivity contribution in [1.82, 2.24) is 5.32 Å². The van der Waals surface area contributed by atoms with E-state index in [9.17, 15) is 0 Å². The maximum atomic E-state index is 3.66. The molecule has 1 unspecified atom stereocenters. The van der Waals surface area contributed by atoms with Gasteiger partial charge in [-0.2, -0.15) is 0 Å². The molecule has 0 aromatic rings. The first-order chi connectivity index (χ1) is 7.25. The molecule has 90 valence electrons. The van der Waals surface area contributed by atoms with Crippen LogP contribution in [0.4, 0.5) is 0 Å². The quantitative estimate of drug-likeness (QED) is 0.628. The van der Waals surface area contributed by atoms with Crippen LogP contribution in [-0.2, 0) is 0 Å². The number of hydrogen-bond acceptors (Lipinski definition) is 1. The average Bonchev–Trinajstić information content (AvgIpc) is 2.69. The Morgan fingerprint density at radius 2 is 1.80 bits per heavy atom. The molecule has 0 aromatic carbocycles. The minimum atomic E-state index is 0.644. The minimum Gasteiger partial charge on any atom is -0.316 e. The molecule has 1 atom stereocenters. The molecule has 1 nitrogen and oxygen atoms in total. The van der Waals surface area contributed by atoms with Crippen molar-refractivity contribution in [3.05, 3.63) is 0 Å². The second kappa shape index (κ2) is 6.52. The van der Waals surface area contributed by atoms with Gasteiger partial charge in [-0.1, -0.05) is 46.5 Å². The predicted molar refractivity (Wildman–Crippen MR) is 68.1 cm³/mol. The molecule has 0 aliphatic heterocycles.